The molecule has 3 N–H and O–H groups in total. The van der Waals surface area contributed by atoms with Crippen LogP contribution in [0.4, 0.5) is 0 Å². The Labute approximate surface area is 117 Å². The van der Waals surface area contributed by atoms with Crippen LogP contribution in [0.25, 0.3) is 0 Å². The molecule has 2 unspecified atom stereocenters. The van der Waals surface area contributed by atoms with Crippen LogP contribution in [0.1, 0.15) is 33.1 Å². The Morgan fingerprint density at radius 2 is 1.89 bits per heavy atom. The van der Waals surface area contributed by atoms with Crippen molar-refractivity contribution in [3.63, 3.8) is 0 Å². The molecule has 0 radical (unpaired) electrons. The van der Waals surface area contributed by atoms with Gasteiger partial charge in [0.1, 0.15) is 0 Å². The number of amides is 1. The zero-order valence-corrected chi connectivity index (χ0v) is 13.1. The van der Waals surface area contributed by atoms with E-state index in [9.17, 15) is 4.79 Å². The number of nitrogens with two attached hydrogens (primary N) is 1. The quantitative estimate of drug-likeness (QED) is 0.619. The molecule has 0 aromatic rings. The van der Waals surface area contributed by atoms with Gasteiger partial charge in [-0.15, -0.1) is 0 Å². The molecular weight excluding hydrogens is 242 g/mol. The fourth-order valence-corrected chi connectivity index (χ4v) is 2.32. The lowest BCUT2D eigenvalue weighted by Crippen LogP contribution is -2.49. The molecule has 1 amide bonds. The first-order valence-electron chi connectivity index (χ1n) is 7.16. The third kappa shape index (κ3) is 6.89. The van der Waals surface area contributed by atoms with Crippen molar-refractivity contribution in [3.05, 3.63) is 0 Å². The maximum atomic E-state index is 11.9. The Kier molecular flexibility index (Phi) is 9.83. The largest absolute Gasteiger partial charge is 0.385 e. The molecule has 0 heterocycles. The van der Waals surface area contributed by atoms with Gasteiger partial charge in [0.25, 0.3) is 0 Å². The van der Waals surface area contributed by atoms with Crippen LogP contribution in [0.2, 0.25) is 0 Å². The molecule has 0 aliphatic heterocycles. The van der Waals surface area contributed by atoms with E-state index in [1.807, 2.05) is 0 Å². The molecule has 0 aliphatic carbocycles. The van der Waals surface area contributed by atoms with Crippen molar-refractivity contribution in [3.8, 4) is 0 Å². The van der Waals surface area contributed by atoms with Gasteiger partial charge in [0.05, 0.1) is 6.04 Å². The van der Waals surface area contributed by atoms with E-state index >= 15 is 0 Å². The first-order chi connectivity index (χ1) is 8.97. The molecule has 0 aromatic carbocycles. The minimum atomic E-state index is -0.482. The van der Waals surface area contributed by atoms with Crippen molar-refractivity contribution in [1.82, 2.24) is 10.2 Å². The van der Waals surface area contributed by atoms with Crippen LogP contribution in [-0.2, 0) is 9.53 Å². The van der Waals surface area contributed by atoms with E-state index in [-0.39, 0.29) is 5.91 Å². The predicted octanol–water partition coefficient (Wildman–Crippen LogP) is 0.833. The highest BCUT2D eigenvalue weighted by molar-refractivity contribution is 5.81. The van der Waals surface area contributed by atoms with Crippen LogP contribution >= 0.6 is 0 Å². The second-order valence-corrected chi connectivity index (χ2v) is 5.24. The molecular formula is C14H31N3O2. The maximum absolute atomic E-state index is 11.9. The fourth-order valence-electron chi connectivity index (χ4n) is 2.32. The lowest BCUT2D eigenvalue weighted by molar-refractivity contribution is -0.123. The summed E-state index contributed by atoms with van der Waals surface area (Å²) in [6.07, 6.45) is 2.79. The molecule has 114 valence electrons. The Morgan fingerprint density at radius 3 is 2.32 bits per heavy atom. The number of carbonyl (C=O) groups is 1. The first kappa shape index (κ1) is 18.4. The average Bonchev–Trinajstić information content (AvgIpc) is 2.39. The molecule has 0 rings (SSSR count). The predicted molar refractivity (Wildman–Crippen MR) is 79.0 cm³/mol. The topological polar surface area (TPSA) is 67.6 Å². The summed E-state index contributed by atoms with van der Waals surface area (Å²) in [5, 5.41) is 2.96. The zero-order valence-electron chi connectivity index (χ0n) is 13.1. The van der Waals surface area contributed by atoms with Gasteiger partial charge in [0, 0.05) is 26.3 Å². The van der Waals surface area contributed by atoms with Crippen LogP contribution in [0, 0.1) is 5.92 Å². The van der Waals surface area contributed by atoms with Crippen LogP contribution in [-0.4, -0.2) is 57.2 Å². The van der Waals surface area contributed by atoms with Crippen molar-refractivity contribution in [2.24, 2.45) is 11.7 Å². The van der Waals surface area contributed by atoms with Gasteiger partial charge in [-0.1, -0.05) is 26.7 Å². The van der Waals surface area contributed by atoms with Gasteiger partial charge < -0.3 is 20.7 Å². The van der Waals surface area contributed by atoms with E-state index in [1.54, 1.807) is 7.11 Å². The van der Waals surface area contributed by atoms with E-state index in [4.69, 9.17) is 10.5 Å². The number of methoxy groups -OCH3 is 1. The molecule has 0 fully saturated rings. The number of nitrogens with one attached hydrogen (secondary N) is 1. The van der Waals surface area contributed by atoms with Crippen molar-refractivity contribution < 1.29 is 9.53 Å². The molecule has 2 atom stereocenters. The lowest BCUT2D eigenvalue weighted by atomic mass is 9.93. The second-order valence-electron chi connectivity index (χ2n) is 5.24. The van der Waals surface area contributed by atoms with E-state index in [0.29, 0.717) is 31.5 Å². The Morgan fingerprint density at radius 1 is 1.32 bits per heavy atom. The summed E-state index contributed by atoms with van der Waals surface area (Å²) in [4.78, 5) is 14.0. The highest BCUT2D eigenvalue weighted by Crippen LogP contribution is 2.16. The van der Waals surface area contributed by atoms with Crippen molar-refractivity contribution in [2.75, 3.05) is 34.4 Å². The molecule has 0 bridgehead atoms. The van der Waals surface area contributed by atoms with Gasteiger partial charge in [-0.25, -0.2) is 0 Å². The number of carbonyl (C=O) groups excluding carboxylic acids is 1. The summed E-state index contributed by atoms with van der Waals surface area (Å²) in [5.41, 5.74) is 5.80. The Balaban J connectivity index is 4.27. The Hall–Kier alpha value is -0.650. The summed E-state index contributed by atoms with van der Waals surface area (Å²) in [7, 11) is 5.72. The maximum Gasteiger partial charge on any atom is 0.237 e. The van der Waals surface area contributed by atoms with E-state index in [2.05, 4.69) is 38.2 Å². The van der Waals surface area contributed by atoms with E-state index in [1.165, 1.54) is 0 Å². The molecule has 0 aromatic heterocycles. The van der Waals surface area contributed by atoms with Crippen LogP contribution < -0.4 is 11.1 Å². The molecule has 0 saturated heterocycles. The van der Waals surface area contributed by atoms with Gasteiger partial charge in [0.15, 0.2) is 0 Å². The Bertz CT molecular complexity index is 243. The van der Waals surface area contributed by atoms with Gasteiger partial charge >= 0.3 is 0 Å². The molecule has 5 nitrogen and oxygen atoms in total. The SMILES string of the molecule is CCC(CC)C(CNC(=O)C(N)CCOC)N(C)C. The summed E-state index contributed by atoms with van der Waals surface area (Å²) in [6.45, 7) is 5.55. The summed E-state index contributed by atoms with van der Waals surface area (Å²) in [5.74, 6) is 0.500. The smallest absolute Gasteiger partial charge is 0.237 e. The zero-order chi connectivity index (χ0) is 14.8. The number of rotatable bonds is 10. The minimum Gasteiger partial charge on any atom is -0.385 e. The normalized spacial score (nSPS) is 14.7. The lowest BCUT2D eigenvalue weighted by Gasteiger charge is -2.31. The molecule has 5 heteroatoms. The number of ether oxygens (including phenoxy) is 1. The van der Waals surface area contributed by atoms with Crippen LogP contribution in [0.15, 0.2) is 0 Å². The number of nitrogens with zero attached hydrogens (tertiary/aromatic N) is 1. The third-order valence-electron chi connectivity index (χ3n) is 3.71. The number of likely N-dealkylation sites (N-methyl/N-ethyl adjacent to an activating group) is 1. The number of hydrogen-bond donors (Lipinski definition) is 2. The minimum absolute atomic E-state index is 0.0881. The summed E-state index contributed by atoms with van der Waals surface area (Å²) < 4.78 is 4.93. The molecule has 19 heavy (non-hydrogen) atoms. The number of hydrogen-bond acceptors (Lipinski definition) is 4. The first-order valence-corrected chi connectivity index (χ1v) is 7.16. The van der Waals surface area contributed by atoms with Crippen LogP contribution in [0.5, 0.6) is 0 Å². The van der Waals surface area contributed by atoms with E-state index < -0.39 is 6.04 Å². The van der Waals surface area contributed by atoms with Crippen LogP contribution in [0.3, 0.4) is 0 Å². The van der Waals surface area contributed by atoms with Crippen molar-refractivity contribution in [1.29, 1.82) is 0 Å². The molecule has 0 saturated carbocycles. The van der Waals surface area contributed by atoms with Crippen molar-refractivity contribution >= 4 is 5.91 Å². The van der Waals surface area contributed by atoms with Gasteiger partial charge in [-0.2, -0.15) is 0 Å². The fraction of sp³-hybridized carbons (Fsp3) is 0.929. The summed E-state index contributed by atoms with van der Waals surface area (Å²) >= 11 is 0. The van der Waals surface area contributed by atoms with Gasteiger partial charge in [-0.3, -0.25) is 4.79 Å². The third-order valence-corrected chi connectivity index (χ3v) is 3.71. The second kappa shape index (κ2) is 10.2. The highest BCUT2D eigenvalue weighted by Gasteiger charge is 2.22. The average molecular weight is 273 g/mol. The standard InChI is InChI=1S/C14H31N3O2/c1-6-11(7-2)13(17(3)4)10-16-14(18)12(15)8-9-19-5/h11-13H,6-10,15H2,1-5H3,(H,16,18). The van der Waals surface area contributed by atoms with Crippen molar-refractivity contribution in [2.45, 2.75) is 45.2 Å². The molecule has 0 spiro atoms. The van der Waals surface area contributed by atoms with Gasteiger partial charge in [-0.05, 0) is 26.4 Å². The molecule has 0 aliphatic rings. The summed E-state index contributed by atoms with van der Waals surface area (Å²) in [6, 6.07) is -0.127. The highest BCUT2D eigenvalue weighted by atomic mass is 16.5. The van der Waals surface area contributed by atoms with Gasteiger partial charge in [0.2, 0.25) is 5.91 Å². The monoisotopic (exact) mass is 273 g/mol. The van der Waals surface area contributed by atoms with E-state index in [0.717, 1.165) is 12.8 Å².